The lowest BCUT2D eigenvalue weighted by atomic mass is 9.86. The number of nitrogens with zero attached hydrogens (tertiary/aromatic N) is 2. The molecule has 1 aliphatic carbocycles. The van der Waals surface area contributed by atoms with Gasteiger partial charge in [0.15, 0.2) is 0 Å². The average molecular weight is 257 g/mol. The second kappa shape index (κ2) is 4.17. The third-order valence-electron chi connectivity index (χ3n) is 4.07. The summed E-state index contributed by atoms with van der Waals surface area (Å²) >= 11 is 0. The molecule has 1 saturated carbocycles. The molecule has 0 amide bonds. The van der Waals surface area contributed by atoms with Crippen molar-refractivity contribution < 1.29 is 4.74 Å². The maximum Gasteiger partial charge on any atom is 0.222 e. The van der Waals surface area contributed by atoms with Crippen molar-refractivity contribution in [1.82, 2.24) is 9.97 Å². The standard InChI is InChI=1S/C15H19N3O/c1-9-6-11-12(7-17-9)14(19-3)18-8-13(11)15(2,16)10-4-5-10/h6-8,10H,4-5,16H2,1-3H3. The van der Waals surface area contributed by atoms with E-state index in [4.69, 9.17) is 10.5 Å². The second-order valence-electron chi connectivity index (χ2n) is 5.61. The fourth-order valence-corrected chi connectivity index (χ4v) is 2.71. The zero-order valence-corrected chi connectivity index (χ0v) is 11.6. The summed E-state index contributed by atoms with van der Waals surface area (Å²) in [6, 6.07) is 2.07. The predicted octanol–water partition coefficient (Wildman–Crippen LogP) is 2.53. The van der Waals surface area contributed by atoms with Gasteiger partial charge in [0.2, 0.25) is 5.88 Å². The van der Waals surface area contributed by atoms with Crippen LogP contribution in [0.2, 0.25) is 0 Å². The van der Waals surface area contributed by atoms with Gasteiger partial charge in [0, 0.05) is 23.6 Å². The van der Waals surface area contributed by atoms with E-state index in [2.05, 4.69) is 23.0 Å². The largest absolute Gasteiger partial charge is 0.481 e. The minimum Gasteiger partial charge on any atom is -0.481 e. The molecule has 100 valence electrons. The highest BCUT2D eigenvalue weighted by atomic mass is 16.5. The summed E-state index contributed by atoms with van der Waals surface area (Å²) in [6.45, 7) is 4.09. The van der Waals surface area contributed by atoms with Crippen LogP contribution in [0.5, 0.6) is 5.88 Å². The van der Waals surface area contributed by atoms with Crippen molar-refractivity contribution in [3.05, 3.63) is 29.7 Å². The molecule has 4 heteroatoms. The maximum atomic E-state index is 6.55. The van der Waals surface area contributed by atoms with Gasteiger partial charge in [0.1, 0.15) is 0 Å². The molecule has 0 aliphatic heterocycles. The van der Waals surface area contributed by atoms with Crippen LogP contribution in [0.1, 0.15) is 31.0 Å². The van der Waals surface area contributed by atoms with Gasteiger partial charge in [-0.15, -0.1) is 0 Å². The number of pyridine rings is 2. The summed E-state index contributed by atoms with van der Waals surface area (Å²) in [7, 11) is 1.63. The maximum absolute atomic E-state index is 6.55. The van der Waals surface area contributed by atoms with Crippen LogP contribution in [0, 0.1) is 12.8 Å². The molecule has 4 nitrogen and oxygen atoms in total. The zero-order valence-electron chi connectivity index (χ0n) is 11.6. The predicted molar refractivity (Wildman–Crippen MR) is 75.1 cm³/mol. The second-order valence-corrected chi connectivity index (χ2v) is 5.61. The van der Waals surface area contributed by atoms with Gasteiger partial charge in [-0.2, -0.15) is 0 Å². The van der Waals surface area contributed by atoms with Gasteiger partial charge < -0.3 is 10.5 Å². The molecule has 1 atom stereocenters. The summed E-state index contributed by atoms with van der Waals surface area (Å²) in [5, 5.41) is 2.04. The molecule has 2 aromatic rings. The van der Waals surface area contributed by atoms with E-state index in [0.29, 0.717) is 11.8 Å². The number of ether oxygens (including phenoxy) is 1. The molecular formula is C15H19N3O. The molecule has 0 radical (unpaired) electrons. The Morgan fingerprint density at radius 2 is 2.00 bits per heavy atom. The van der Waals surface area contributed by atoms with Crippen molar-refractivity contribution >= 4 is 10.8 Å². The third-order valence-corrected chi connectivity index (χ3v) is 4.07. The molecule has 19 heavy (non-hydrogen) atoms. The van der Waals surface area contributed by atoms with E-state index in [1.165, 1.54) is 12.8 Å². The number of hydrogen-bond acceptors (Lipinski definition) is 4. The van der Waals surface area contributed by atoms with Crippen LogP contribution in [0.25, 0.3) is 10.8 Å². The molecule has 0 spiro atoms. The normalized spacial score (nSPS) is 18.3. The molecular weight excluding hydrogens is 238 g/mol. The van der Waals surface area contributed by atoms with Crippen molar-refractivity contribution in [3.63, 3.8) is 0 Å². The first-order chi connectivity index (χ1) is 9.04. The minimum absolute atomic E-state index is 0.328. The number of aromatic nitrogens is 2. The summed E-state index contributed by atoms with van der Waals surface area (Å²) in [6.07, 6.45) is 6.08. The molecule has 1 fully saturated rings. The molecule has 2 heterocycles. The molecule has 0 aromatic carbocycles. The lowest BCUT2D eigenvalue weighted by molar-refractivity contribution is 0.399. The average Bonchev–Trinajstić information content (AvgIpc) is 3.21. The Labute approximate surface area is 113 Å². The van der Waals surface area contributed by atoms with Crippen LogP contribution >= 0.6 is 0 Å². The molecule has 0 bridgehead atoms. The lowest BCUT2D eigenvalue weighted by Crippen LogP contribution is -2.35. The summed E-state index contributed by atoms with van der Waals surface area (Å²) < 4.78 is 5.32. The number of aryl methyl sites for hydroxylation is 1. The van der Waals surface area contributed by atoms with Crippen LogP contribution in [-0.4, -0.2) is 17.1 Å². The first kappa shape index (κ1) is 12.4. The van der Waals surface area contributed by atoms with Crippen molar-refractivity contribution in [3.8, 4) is 5.88 Å². The summed E-state index contributed by atoms with van der Waals surface area (Å²) in [4.78, 5) is 8.73. The molecule has 3 rings (SSSR count). The minimum atomic E-state index is -0.328. The molecule has 1 aliphatic rings. The molecule has 2 N–H and O–H groups in total. The molecule has 2 aromatic heterocycles. The van der Waals surface area contributed by atoms with Crippen molar-refractivity contribution in [2.45, 2.75) is 32.2 Å². The van der Waals surface area contributed by atoms with Crippen LogP contribution in [-0.2, 0) is 5.54 Å². The highest BCUT2D eigenvalue weighted by Gasteiger charge is 2.41. The van der Waals surface area contributed by atoms with E-state index in [1.807, 2.05) is 19.3 Å². The van der Waals surface area contributed by atoms with Crippen LogP contribution in [0.15, 0.2) is 18.5 Å². The number of nitrogens with two attached hydrogens (primary N) is 1. The van der Waals surface area contributed by atoms with E-state index in [1.54, 1.807) is 7.11 Å². The number of fused-ring (bicyclic) bond motifs is 1. The van der Waals surface area contributed by atoms with Crippen LogP contribution in [0.3, 0.4) is 0 Å². The van der Waals surface area contributed by atoms with E-state index < -0.39 is 0 Å². The van der Waals surface area contributed by atoms with Gasteiger partial charge in [0.25, 0.3) is 0 Å². The lowest BCUT2D eigenvalue weighted by Gasteiger charge is -2.26. The van der Waals surface area contributed by atoms with Crippen LogP contribution < -0.4 is 10.5 Å². The highest BCUT2D eigenvalue weighted by Crippen LogP contribution is 2.45. The number of hydrogen-bond donors (Lipinski definition) is 1. The Hall–Kier alpha value is -1.68. The van der Waals surface area contributed by atoms with E-state index >= 15 is 0 Å². The van der Waals surface area contributed by atoms with Gasteiger partial charge in [-0.25, -0.2) is 4.98 Å². The Kier molecular flexibility index (Phi) is 2.71. The smallest absolute Gasteiger partial charge is 0.222 e. The summed E-state index contributed by atoms with van der Waals surface area (Å²) in [5.74, 6) is 1.16. The van der Waals surface area contributed by atoms with Gasteiger partial charge >= 0.3 is 0 Å². The fraction of sp³-hybridized carbons (Fsp3) is 0.467. The topological polar surface area (TPSA) is 61.0 Å². The van der Waals surface area contributed by atoms with E-state index in [9.17, 15) is 0 Å². The van der Waals surface area contributed by atoms with E-state index in [-0.39, 0.29) is 5.54 Å². The first-order valence-corrected chi connectivity index (χ1v) is 6.62. The SMILES string of the molecule is COc1ncc(C(C)(N)C2CC2)c2cc(C)ncc12. The van der Waals surface area contributed by atoms with Crippen molar-refractivity contribution in [2.75, 3.05) is 7.11 Å². The summed E-state index contributed by atoms with van der Waals surface area (Å²) in [5.41, 5.74) is 8.30. The first-order valence-electron chi connectivity index (χ1n) is 6.62. The van der Waals surface area contributed by atoms with Gasteiger partial charge in [-0.1, -0.05) is 0 Å². The Bertz CT molecular complexity index is 633. The van der Waals surface area contributed by atoms with Gasteiger partial charge in [-0.05, 0) is 49.6 Å². The Morgan fingerprint density at radius 1 is 1.26 bits per heavy atom. The van der Waals surface area contributed by atoms with Gasteiger partial charge in [-0.3, -0.25) is 4.98 Å². The highest BCUT2D eigenvalue weighted by molar-refractivity contribution is 5.89. The van der Waals surface area contributed by atoms with Crippen molar-refractivity contribution in [1.29, 1.82) is 0 Å². The Balaban J connectivity index is 2.27. The zero-order chi connectivity index (χ0) is 13.6. The fourth-order valence-electron chi connectivity index (χ4n) is 2.71. The molecule has 0 saturated heterocycles. The van der Waals surface area contributed by atoms with Crippen LogP contribution in [0.4, 0.5) is 0 Å². The van der Waals surface area contributed by atoms with Crippen molar-refractivity contribution in [2.24, 2.45) is 11.7 Å². The van der Waals surface area contributed by atoms with E-state index in [0.717, 1.165) is 22.0 Å². The van der Waals surface area contributed by atoms with Gasteiger partial charge in [0.05, 0.1) is 12.5 Å². The number of methoxy groups -OCH3 is 1. The quantitative estimate of drug-likeness (QED) is 0.917. The third kappa shape index (κ3) is 1.96. The monoisotopic (exact) mass is 257 g/mol. The molecule has 1 unspecified atom stereocenters. The number of rotatable bonds is 3. The Morgan fingerprint density at radius 3 is 2.63 bits per heavy atom.